The van der Waals surface area contributed by atoms with Crippen LogP contribution in [-0.4, -0.2) is 44.5 Å². The Morgan fingerprint density at radius 3 is 2.76 bits per heavy atom. The first kappa shape index (κ1) is 15.8. The third-order valence-electron chi connectivity index (χ3n) is 3.58. The molecule has 116 valence electrons. The van der Waals surface area contributed by atoms with Gasteiger partial charge in [-0.3, -0.25) is 4.79 Å². The molecule has 0 aliphatic carbocycles. The number of furan rings is 1. The summed E-state index contributed by atoms with van der Waals surface area (Å²) >= 11 is 0. The fourth-order valence-corrected chi connectivity index (χ4v) is 3.16. The maximum absolute atomic E-state index is 11.7. The normalized spacial score (nSPS) is 18.1. The minimum absolute atomic E-state index is 0.151. The third kappa shape index (κ3) is 5.02. The molecular formula is C14H20N2O4S. The molecule has 0 radical (unpaired) electrons. The predicted octanol–water partition coefficient (Wildman–Crippen LogP) is 1.08. The number of carbonyl (C=O) groups excluding carboxylic acids is 1. The molecule has 0 bridgehead atoms. The molecule has 2 heterocycles. The van der Waals surface area contributed by atoms with Gasteiger partial charge in [0.25, 0.3) is 0 Å². The Balaban J connectivity index is 1.71. The van der Waals surface area contributed by atoms with Crippen molar-refractivity contribution in [3.63, 3.8) is 0 Å². The van der Waals surface area contributed by atoms with Gasteiger partial charge in [0, 0.05) is 31.3 Å². The molecule has 1 aromatic heterocycles. The first-order valence-electron chi connectivity index (χ1n) is 6.88. The number of hydrogen-bond acceptors (Lipinski definition) is 4. The van der Waals surface area contributed by atoms with Crippen molar-refractivity contribution in [1.29, 1.82) is 0 Å². The molecule has 1 N–H and O–H groups in total. The van der Waals surface area contributed by atoms with Gasteiger partial charge < -0.3 is 9.73 Å². The Bertz CT molecular complexity index is 585. The van der Waals surface area contributed by atoms with Crippen LogP contribution in [0.2, 0.25) is 0 Å². The average Bonchev–Trinajstić information content (AvgIpc) is 2.95. The lowest BCUT2D eigenvalue weighted by atomic mass is 9.98. The maximum Gasteiger partial charge on any atom is 0.244 e. The van der Waals surface area contributed by atoms with Crippen LogP contribution in [-0.2, 0) is 14.8 Å². The van der Waals surface area contributed by atoms with E-state index < -0.39 is 10.0 Å². The van der Waals surface area contributed by atoms with Crippen LogP contribution < -0.4 is 5.32 Å². The lowest BCUT2D eigenvalue weighted by molar-refractivity contribution is -0.116. The number of piperidine rings is 1. The molecule has 1 aliphatic heterocycles. The quantitative estimate of drug-likeness (QED) is 0.825. The number of amides is 1. The van der Waals surface area contributed by atoms with Gasteiger partial charge in [0.05, 0.1) is 18.8 Å². The van der Waals surface area contributed by atoms with Gasteiger partial charge in [-0.15, -0.1) is 0 Å². The van der Waals surface area contributed by atoms with Crippen molar-refractivity contribution >= 4 is 22.0 Å². The number of carbonyl (C=O) groups is 1. The van der Waals surface area contributed by atoms with Crippen LogP contribution in [0.15, 0.2) is 29.1 Å². The van der Waals surface area contributed by atoms with Crippen molar-refractivity contribution in [2.75, 3.05) is 25.9 Å². The molecule has 1 amide bonds. The minimum Gasteiger partial charge on any atom is -0.472 e. The Labute approximate surface area is 124 Å². The van der Waals surface area contributed by atoms with Crippen molar-refractivity contribution < 1.29 is 17.6 Å². The van der Waals surface area contributed by atoms with Gasteiger partial charge in [-0.05, 0) is 30.9 Å². The first-order valence-corrected chi connectivity index (χ1v) is 8.73. The molecule has 21 heavy (non-hydrogen) atoms. The summed E-state index contributed by atoms with van der Waals surface area (Å²) in [6.45, 7) is 1.64. The highest BCUT2D eigenvalue weighted by atomic mass is 32.2. The summed E-state index contributed by atoms with van der Waals surface area (Å²) in [7, 11) is -3.09. The summed E-state index contributed by atoms with van der Waals surface area (Å²) < 4.78 is 29.2. The Hall–Kier alpha value is -1.60. The van der Waals surface area contributed by atoms with Crippen LogP contribution in [0.3, 0.4) is 0 Å². The minimum atomic E-state index is -3.09. The van der Waals surface area contributed by atoms with Crippen molar-refractivity contribution in [3.8, 4) is 0 Å². The fourth-order valence-electron chi connectivity index (χ4n) is 2.29. The summed E-state index contributed by atoms with van der Waals surface area (Å²) in [6.07, 6.45) is 9.05. The molecule has 0 unspecified atom stereocenters. The van der Waals surface area contributed by atoms with Crippen LogP contribution in [0.1, 0.15) is 18.4 Å². The number of nitrogens with zero attached hydrogens (tertiary/aromatic N) is 1. The highest BCUT2D eigenvalue weighted by Gasteiger charge is 2.24. The molecule has 0 atom stereocenters. The summed E-state index contributed by atoms with van der Waals surface area (Å²) in [5.41, 5.74) is 0.839. The van der Waals surface area contributed by atoms with Crippen molar-refractivity contribution in [2.24, 2.45) is 5.92 Å². The highest BCUT2D eigenvalue weighted by Crippen LogP contribution is 2.18. The summed E-state index contributed by atoms with van der Waals surface area (Å²) in [4.78, 5) is 11.7. The summed E-state index contributed by atoms with van der Waals surface area (Å²) in [5.74, 6) is 0.177. The van der Waals surface area contributed by atoms with Gasteiger partial charge in [-0.2, -0.15) is 0 Å². The van der Waals surface area contributed by atoms with E-state index in [0.717, 1.165) is 18.4 Å². The molecule has 1 aliphatic rings. The van der Waals surface area contributed by atoms with Gasteiger partial charge in [-0.25, -0.2) is 12.7 Å². The number of nitrogens with one attached hydrogen (secondary N) is 1. The van der Waals surface area contributed by atoms with Crippen LogP contribution in [0, 0.1) is 5.92 Å². The van der Waals surface area contributed by atoms with Gasteiger partial charge in [0.2, 0.25) is 15.9 Å². The molecule has 1 aromatic rings. The van der Waals surface area contributed by atoms with Crippen molar-refractivity contribution in [3.05, 3.63) is 30.2 Å². The van der Waals surface area contributed by atoms with Crippen LogP contribution in [0.25, 0.3) is 6.08 Å². The molecule has 0 spiro atoms. The maximum atomic E-state index is 11.7. The van der Waals surface area contributed by atoms with E-state index in [1.165, 1.54) is 16.6 Å². The lowest BCUT2D eigenvalue weighted by Gasteiger charge is -2.30. The molecule has 7 heteroatoms. The van der Waals surface area contributed by atoms with Crippen molar-refractivity contribution in [2.45, 2.75) is 12.8 Å². The lowest BCUT2D eigenvalue weighted by Crippen LogP contribution is -2.40. The number of hydrogen-bond donors (Lipinski definition) is 1. The van der Waals surface area contributed by atoms with E-state index in [1.807, 2.05) is 0 Å². The second-order valence-corrected chi connectivity index (χ2v) is 7.22. The van der Waals surface area contributed by atoms with Crippen LogP contribution in [0.5, 0.6) is 0 Å². The van der Waals surface area contributed by atoms with E-state index >= 15 is 0 Å². The average molecular weight is 312 g/mol. The molecule has 6 nitrogen and oxygen atoms in total. The van der Waals surface area contributed by atoms with E-state index in [0.29, 0.717) is 25.6 Å². The molecule has 2 rings (SSSR count). The van der Waals surface area contributed by atoms with Crippen molar-refractivity contribution in [1.82, 2.24) is 9.62 Å². The second-order valence-electron chi connectivity index (χ2n) is 5.24. The zero-order chi connectivity index (χ0) is 15.3. The van der Waals surface area contributed by atoms with Gasteiger partial charge in [0.1, 0.15) is 0 Å². The smallest absolute Gasteiger partial charge is 0.244 e. The monoisotopic (exact) mass is 312 g/mol. The van der Waals surface area contributed by atoms with Gasteiger partial charge >= 0.3 is 0 Å². The predicted molar refractivity (Wildman–Crippen MR) is 79.9 cm³/mol. The van der Waals surface area contributed by atoms with Gasteiger partial charge in [0.15, 0.2) is 0 Å². The van der Waals surface area contributed by atoms with E-state index in [1.54, 1.807) is 24.7 Å². The fraction of sp³-hybridized carbons (Fsp3) is 0.500. The molecule has 1 saturated heterocycles. The molecule has 1 fully saturated rings. The molecule has 0 aromatic carbocycles. The highest BCUT2D eigenvalue weighted by molar-refractivity contribution is 7.88. The van der Waals surface area contributed by atoms with E-state index in [-0.39, 0.29) is 5.91 Å². The zero-order valence-electron chi connectivity index (χ0n) is 12.0. The van der Waals surface area contributed by atoms with Crippen LogP contribution >= 0.6 is 0 Å². The largest absolute Gasteiger partial charge is 0.472 e. The van der Waals surface area contributed by atoms with E-state index in [2.05, 4.69) is 5.32 Å². The molecule has 0 saturated carbocycles. The standard InChI is InChI=1S/C14H20N2O4S/c1-21(18,19)16-7-4-12(5-8-16)10-15-14(17)3-2-13-6-9-20-11-13/h2-3,6,9,11-12H,4-5,7-8,10H2,1H3,(H,15,17)/b3-2+. The van der Waals surface area contributed by atoms with E-state index in [4.69, 9.17) is 4.42 Å². The van der Waals surface area contributed by atoms with E-state index in [9.17, 15) is 13.2 Å². The summed E-state index contributed by atoms with van der Waals surface area (Å²) in [5, 5.41) is 2.84. The van der Waals surface area contributed by atoms with Gasteiger partial charge in [-0.1, -0.05) is 0 Å². The topological polar surface area (TPSA) is 79.6 Å². The number of rotatable bonds is 5. The number of sulfonamides is 1. The first-order chi connectivity index (χ1) is 9.95. The van der Waals surface area contributed by atoms with Crippen LogP contribution in [0.4, 0.5) is 0 Å². The SMILES string of the molecule is CS(=O)(=O)N1CCC(CNC(=O)/C=C/c2ccoc2)CC1. The third-order valence-corrected chi connectivity index (χ3v) is 4.88. The molecular weight excluding hydrogens is 292 g/mol. The zero-order valence-corrected chi connectivity index (χ0v) is 12.8. The Morgan fingerprint density at radius 1 is 1.48 bits per heavy atom. The Kier molecular flexibility index (Phi) is 5.19. The second kappa shape index (κ2) is 6.91. The Morgan fingerprint density at radius 2 is 2.19 bits per heavy atom. The summed E-state index contributed by atoms with van der Waals surface area (Å²) in [6, 6.07) is 1.77.